The van der Waals surface area contributed by atoms with Gasteiger partial charge in [-0.3, -0.25) is 4.90 Å². The van der Waals surface area contributed by atoms with Gasteiger partial charge < -0.3 is 14.5 Å². The van der Waals surface area contributed by atoms with E-state index in [4.69, 9.17) is 4.74 Å². The first kappa shape index (κ1) is 17.2. The Balaban J connectivity index is 1.24. The van der Waals surface area contributed by atoms with Gasteiger partial charge in [0.15, 0.2) is 0 Å². The van der Waals surface area contributed by atoms with Crippen LogP contribution in [0.4, 0.5) is 25.1 Å². The van der Waals surface area contributed by atoms with Crippen molar-refractivity contribution in [2.75, 3.05) is 42.5 Å². The molecule has 3 aliphatic rings. The van der Waals surface area contributed by atoms with E-state index in [0.29, 0.717) is 31.1 Å². The Morgan fingerprint density at radius 1 is 1.14 bits per heavy atom. The highest BCUT2D eigenvalue weighted by Gasteiger charge is 2.54. The van der Waals surface area contributed by atoms with Crippen LogP contribution < -0.4 is 14.5 Å². The summed E-state index contributed by atoms with van der Waals surface area (Å²) in [5.41, 5.74) is 0.686. The molecule has 5 rings (SSSR count). The number of pyridine rings is 1. The predicted molar refractivity (Wildman–Crippen MR) is 99.6 cm³/mol. The number of halogens is 2. The number of amides is 2. The maximum absolute atomic E-state index is 13.5. The molecule has 2 saturated heterocycles. The first-order valence-electron chi connectivity index (χ1n) is 9.32. The Bertz CT molecular complexity index is 922. The van der Waals surface area contributed by atoms with Crippen LogP contribution in [-0.2, 0) is 0 Å². The number of likely N-dealkylation sites (tertiary alicyclic amines) is 1. The van der Waals surface area contributed by atoms with Gasteiger partial charge >= 0.3 is 6.03 Å². The summed E-state index contributed by atoms with van der Waals surface area (Å²) in [5.74, 6) is 0.431. The van der Waals surface area contributed by atoms with Crippen molar-refractivity contribution in [1.82, 2.24) is 9.88 Å². The highest BCUT2D eigenvalue weighted by atomic mass is 19.1. The minimum Gasteiger partial charge on any atom is -0.487 e. The zero-order valence-corrected chi connectivity index (χ0v) is 15.4. The van der Waals surface area contributed by atoms with E-state index < -0.39 is 0 Å². The van der Waals surface area contributed by atoms with E-state index in [1.54, 1.807) is 17.0 Å². The van der Waals surface area contributed by atoms with Gasteiger partial charge in [0.2, 0.25) is 0 Å². The fraction of sp³-hybridized carbons (Fsp3) is 0.400. The average Bonchev–Trinajstić information content (AvgIpc) is 2.59. The first-order chi connectivity index (χ1) is 13.4. The lowest BCUT2D eigenvalue weighted by molar-refractivity contribution is 0.00885. The molecule has 6 nitrogen and oxygen atoms in total. The summed E-state index contributed by atoms with van der Waals surface area (Å²) < 4.78 is 32.2. The van der Waals surface area contributed by atoms with E-state index in [1.807, 2.05) is 11.8 Å². The highest BCUT2D eigenvalue weighted by molar-refractivity contribution is 5.94. The van der Waals surface area contributed by atoms with Gasteiger partial charge in [-0.25, -0.2) is 18.6 Å². The third-order valence-electron chi connectivity index (χ3n) is 5.62. The van der Waals surface area contributed by atoms with Crippen molar-refractivity contribution in [3.63, 3.8) is 0 Å². The maximum atomic E-state index is 13.5. The van der Waals surface area contributed by atoms with Gasteiger partial charge in [-0.05, 0) is 31.2 Å². The Labute approximate surface area is 161 Å². The van der Waals surface area contributed by atoms with Crippen LogP contribution in [0.5, 0.6) is 5.75 Å². The second kappa shape index (κ2) is 6.05. The number of ether oxygens (including phenoxy) is 1. The minimum absolute atomic E-state index is 0.0769. The molecule has 28 heavy (non-hydrogen) atoms. The van der Waals surface area contributed by atoms with Crippen LogP contribution in [0.2, 0.25) is 0 Å². The van der Waals surface area contributed by atoms with E-state index in [0.717, 1.165) is 18.9 Å². The van der Waals surface area contributed by atoms with Crippen LogP contribution >= 0.6 is 0 Å². The Morgan fingerprint density at radius 3 is 2.61 bits per heavy atom. The third kappa shape index (κ3) is 2.75. The molecule has 1 spiro atoms. The van der Waals surface area contributed by atoms with Crippen molar-refractivity contribution in [3.8, 4) is 5.75 Å². The molecule has 2 fully saturated rings. The summed E-state index contributed by atoms with van der Waals surface area (Å²) in [5, 5.41) is 0. The molecule has 8 heteroatoms. The Hall–Kier alpha value is -2.90. The molecule has 2 aromatic rings. The van der Waals surface area contributed by atoms with Crippen molar-refractivity contribution >= 4 is 17.5 Å². The van der Waals surface area contributed by atoms with Crippen LogP contribution in [0.1, 0.15) is 6.92 Å². The Kier molecular flexibility index (Phi) is 3.72. The zero-order valence-electron chi connectivity index (χ0n) is 15.4. The first-order valence-corrected chi connectivity index (χ1v) is 9.32. The lowest BCUT2D eigenvalue weighted by atomic mass is 9.73. The van der Waals surface area contributed by atoms with E-state index in [2.05, 4.69) is 9.88 Å². The summed E-state index contributed by atoms with van der Waals surface area (Å²) in [6.07, 6.45) is 1.02. The number of rotatable bonds is 1. The number of urea groups is 1. The molecule has 3 aliphatic heterocycles. The molecule has 0 radical (unpaired) electrons. The molecule has 0 N–H and O–H groups in total. The fourth-order valence-corrected chi connectivity index (χ4v) is 4.35. The number of fused-ring (bicyclic) bond motifs is 1. The van der Waals surface area contributed by atoms with Crippen molar-refractivity contribution < 1.29 is 18.3 Å². The highest BCUT2D eigenvalue weighted by Crippen LogP contribution is 2.43. The molecular formula is C20H20F2N4O2. The lowest BCUT2D eigenvalue weighted by Crippen LogP contribution is -2.74. The van der Waals surface area contributed by atoms with Crippen molar-refractivity contribution in [1.29, 1.82) is 0 Å². The lowest BCUT2D eigenvalue weighted by Gasteiger charge is -2.60. The largest absolute Gasteiger partial charge is 0.487 e. The van der Waals surface area contributed by atoms with Crippen LogP contribution in [0, 0.1) is 17.0 Å². The minimum atomic E-state index is -0.382. The van der Waals surface area contributed by atoms with E-state index in [1.165, 1.54) is 24.4 Å². The van der Waals surface area contributed by atoms with Gasteiger partial charge in [0.1, 0.15) is 29.3 Å². The van der Waals surface area contributed by atoms with Gasteiger partial charge in [-0.1, -0.05) is 0 Å². The van der Waals surface area contributed by atoms with Gasteiger partial charge in [0.05, 0.1) is 18.4 Å². The van der Waals surface area contributed by atoms with Crippen molar-refractivity contribution in [2.24, 2.45) is 5.41 Å². The molecule has 1 aromatic heterocycles. The summed E-state index contributed by atoms with van der Waals surface area (Å²) >= 11 is 0. The molecule has 1 atom stereocenters. The summed E-state index contributed by atoms with van der Waals surface area (Å²) in [6.45, 7) is 5.25. The summed E-state index contributed by atoms with van der Waals surface area (Å²) in [4.78, 5) is 22.7. The van der Waals surface area contributed by atoms with E-state index >= 15 is 0 Å². The average molecular weight is 386 g/mol. The predicted octanol–water partition coefficient (Wildman–Crippen LogP) is 2.89. The normalized spacial score (nSPS) is 22.2. The number of anilines is 2. The van der Waals surface area contributed by atoms with Gasteiger partial charge in [0.25, 0.3) is 0 Å². The smallest absolute Gasteiger partial charge is 0.324 e. The fourth-order valence-electron chi connectivity index (χ4n) is 4.35. The quantitative estimate of drug-likeness (QED) is 0.756. The number of hydrogen-bond donors (Lipinski definition) is 0. The van der Waals surface area contributed by atoms with Crippen LogP contribution in [-0.4, -0.2) is 54.7 Å². The van der Waals surface area contributed by atoms with Gasteiger partial charge in [-0.2, -0.15) is 0 Å². The zero-order chi connectivity index (χ0) is 19.5. The molecule has 146 valence electrons. The second-order valence-corrected chi connectivity index (χ2v) is 7.98. The molecule has 2 amide bonds. The SMILES string of the molecule is CC1CN(C(=O)N2CC3(C2)CN(c2ccc(F)cn2)C3)c2ccc(F)cc2O1. The second-order valence-electron chi connectivity index (χ2n) is 7.98. The number of carbonyl (C=O) groups excluding carboxylic acids is 1. The van der Waals surface area contributed by atoms with Crippen LogP contribution in [0.25, 0.3) is 0 Å². The molecule has 4 heterocycles. The van der Waals surface area contributed by atoms with E-state index in [9.17, 15) is 13.6 Å². The van der Waals surface area contributed by atoms with Gasteiger partial charge in [-0.15, -0.1) is 0 Å². The molecule has 0 bridgehead atoms. The van der Waals surface area contributed by atoms with Crippen LogP contribution in [0.3, 0.4) is 0 Å². The number of nitrogens with zero attached hydrogens (tertiary/aromatic N) is 4. The number of aromatic nitrogens is 1. The third-order valence-corrected chi connectivity index (χ3v) is 5.62. The topological polar surface area (TPSA) is 48.9 Å². The standard InChI is InChI=1S/C20H20F2N4O2/c1-13-8-26(16-4-2-14(21)6-17(16)28-13)19(27)25-11-20(12-25)9-24(10-20)18-5-3-15(22)7-23-18/h2-7,13H,8-12H2,1H3. The van der Waals surface area contributed by atoms with Crippen molar-refractivity contribution in [3.05, 3.63) is 48.2 Å². The summed E-state index contributed by atoms with van der Waals surface area (Å²) in [6, 6.07) is 7.26. The maximum Gasteiger partial charge on any atom is 0.324 e. The number of carbonyl (C=O) groups is 1. The van der Waals surface area contributed by atoms with Crippen LogP contribution in [0.15, 0.2) is 36.5 Å². The van der Waals surface area contributed by atoms with E-state index in [-0.39, 0.29) is 29.2 Å². The summed E-state index contributed by atoms with van der Waals surface area (Å²) in [7, 11) is 0. The Morgan fingerprint density at radius 2 is 1.89 bits per heavy atom. The molecule has 0 saturated carbocycles. The van der Waals surface area contributed by atoms with Gasteiger partial charge in [0, 0.05) is 37.7 Å². The number of hydrogen-bond acceptors (Lipinski definition) is 4. The molecule has 1 unspecified atom stereocenters. The molecule has 0 aliphatic carbocycles. The monoisotopic (exact) mass is 386 g/mol. The number of benzene rings is 1. The molecular weight excluding hydrogens is 366 g/mol. The molecule has 1 aromatic carbocycles. The van der Waals surface area contributed by atoms with Crippen molar-refractivity contribution in [2.45, 2.75) is 13.0 Å².